The number of nitrogens with zero attached hydrogens (tertiary/aromatic N) is 2. The SMILES string of the molecule is NC1=CC(C2CC=NO2)=CC=C(C2COC(c3c(F)cccc3Cl)=N2)C1. The lowest BCUT2D eigenvalue weighted by molar-refractivity contribution is 0.114. The fraction of sp³-hybridized carbons (Fsp3) is 0.263. The minimum atomic E-state index is -0.452. The number of rotatable bonds is 3. The molecule has 2 unspecified atom stereocenters. The first-order valence-electron chi connectivity index (χ1n) is 8.31. The van der Waals surface area contributed by atoms with Crippen LogP contribution in [0.3, 0.4) is 0 Å². The van der Waals surface area contributed by atoms with Crippen molar-refractivity contribution in [2.24, 2.45) is 15.9 Å². The number of aliphatic imine (C=N–C) groups is 1. The highest BCUT2D eigenvalue weighted by atomic mass is 35.5. The van der Waals surface area contributed by atoms with E-state index in [0.29, 0.717) is 18.7 Å². The van der Waals surface area contributed by atoms with Gasteiger partial charge >= 0.3 is 0 Å². The lowest BCUT2D eigenvalue weighted by atomic mass is 10.0. The van der Waals surface area contributed by atoms with E-state index < -0.39 is 5.82 Å². The summed E-state index contributed by atoms with van der Waals surface area (Å²) in [6.07, 6.45) is 8.78. The summed E-state index contributed by atoms with van der Waals surface area (Å²) in [6, 6.07) is 4.27. The molecular formula is C19H17ClFN3O2. The number of halogens is 2. The average Bonchev–Trinajstić information content (AvgIpc) is 3.26. The van der Waals surface area contributed by atoms with Crippen LogP contribution in [0.5, 0.6) is 0 Å². The van der Waals surface area contributed by atoms with Gasteiger partial charge in [-0.05, 0) is 29.4 Å². The second-order valence-corrected chi connectivity index (χ2v) is 6.69. The van der Waals surface area contributed by atoms with Gasteiger partial charge < -0.3 is 15.3 Å². The van der Waals surface area contributed by atoms with Crippen LogP contribution in [-0.4, -0.2) is 30.9 Å². The van der Waals surface area contributed by atoms with Gasteiger partial charge in [0.05, 0.1) is 10.6 Å². The van der Waals surface area contributed by atoms with Crippen LogP contribution in [0.25, 0.3) is 0 Å². The molecule has 26 heavy (non-hydrogen) atoms. The first-order chi connectivity index (χ1) is 12.6. The Morgan fingerprint density at radius 3 is 2.92 bits per heavy atom. The molecule has 2 heterocycles. The number of oxime groups is 1. The molecule has 5 nitrogen and oxygen atoms in total. The number of hydrogen-bond donors (Lipinski definition) is 1. The van der Waals surface area contributed by atoms with Gasteiger partial charge in [0.25, 0.3) is 0 Å². The molecule has 0 aromatic heterocycles. The Kier molecular flexibility index (Phi) is 4.51. The number of benzene rings is 1. The fourth-order valence-corrected chi connectivity index (χ4v) is 3.38. The molecule has 0 saturated heterocycles. The van der Waals surface area contributed by atoms with Gasteiger partial charge in [0.2, 0.25) is 5.90 Å². The van der Waals surface area contributed by atoms with Gasteiger partial charge in [0.1, 0.15) is 18.5 Å². The normalized spacial score (nSPS) is 24.8. The van der Waals surface area contributed by atoms with E-state index >= 15 is 0 Å². The number of nitrogens with two attached hydrogens (primary N) is 1. The van der Waals surface area contributed by atoms with Crippen LogP contribution in [0.2, 0.25) is 5.02 Å². The summed E-state index contributed by atoms with van der Waals surface area (Å²) in [7, 11) is 0. The quantitative estimate of drug-likeness (QED) is 0.881. The maximum Gasteiger partial charge on any atom is 0.221 e. The third kappa shape index (κ3) is 3.24. The zero-order chi connectivity index (χ0) is 18.1. The third-order valence-electron chi connectivity index (χ3n) is 4.46. The predicted molar refractivity (Wildman–Crippen MR) is 98.7 cm³/mol. The Morgan fingerprint density at radius 2 is 2.15 bits per heavy atom. The van der Waals surface area contributed by atoms with Gasteiger partial charge in [0, 0.05) is 24.8 Å². The molecule has 0 spiro atoms. The number of ether oxygens (including phenoxy) is 1. The molecular weight excluding hydrogens is 357 g/mol. The highest BCUT2D eigenvalue weighted by Crippen LogP contribution is 2.29. The molecule has 4 rings (SSSR count). The molecule has 3 aliphatic rings. The van der Waals surface area contributed by atoms with E-state index in [1.165, 1.54) is 6.07 Å². The van der Waals surface area contributed by atoms with Gasteiger partial charge in [-0.15, -0.1) is 0 Å². The maximum atomic E-state index is 14.1. The van der Waals surface area contributed by atoms with Crippen molar-refractivity contribution < 1.29 is 14.0 Å². The zero-order valence-corrected chi connectivity index (χ0v) is 14.6. The van der Waals surface area contributed by atoms with E-state index in [4.69, 9.17) is 26.9 Å². The van der Waals surface area contributed by atoms with Crippen molar-refractivity contribution in [1.82, 2.24) is 0 Å². The molecule has 2 N–H and O–H groups in total. The fourth-order valence-electron chi connectivity index (χ4n) is 3.14. The molecule has 0 bridgehead atoms. The Morgan fingerprint density at radius 1 is 1.27 bits per heavy atom. The summed E-state index contributed by atoms with van der Waals surface area (Å²) in [4.78, 5) is 9.86. The van der Waals surface area contributed by atoms with E-state index in [0.717, 1.165) is 17.6 Å². The van der Waals surface area contributed by atoms with E-state index in [2.05, 4.69) is 10.1 Å². The number of hydrogen-bond acceptors (Lipinski definition) is 5. The largest absolute Gasteiger partial charge is 0.475 e. The maximum absolute atomic E-state index is 14.1. The highest BCUT2D eigenvalue weighted by Gasteiger charge is 2.28. The Labute approximate surface area is 155 Å². The summed E-state index contributed by atoms with van der Waals surface area (Å²) >= 11 is 6.10. The van der Waals surface area contributed by atoms with Crippen LogP contribution >= 0.6 is 11.6 Å². The molecule has 1 aromatic rings. The van der Waals surface area contributed by atoms with E-state index in [9.17, 15) is 4.39 Å². The summed E-state index contributed by atoms with van der Waals surface area (Å²) in [5.41, 5.74) is 9.03. The van der Waals surface area contributed by atoms with Crippen molar-refractivity contribution in [2.45, 2.75) is 25.0 Å². The van der Waals surface area contributed by atoms with E-state index in [1.54, 1.807) is 18.3 Å². The standard InChI is InChI=1S/C19H17ClFN3O2/c20-14-2-1-3-15(21)18(14)19-24-16(10-25-19)11-4-5-12(9-13(22)8-11)17-6-7-23-26-17/h1-5,7,9,16-17H,6,8,10,22H2. The first-order valence-corrected chi connectivity index (χ1v) is 8.69. The van der Waals surface area contributed by atoms with Crippen LogP contribution in [0.4, 0.5) is 4.39 Å². The zero-order valence-electron chi connectivity index (χ0n) is 13.9. The van der Waals surface area contributed by atoms with Crippen LogP contribution in [0, 0.1) is 5.82 Å². The molecule has 0 saturated carbocycles. The van der Waals surface area contributed by atoms with Crippen LogP contribution in [0.1, 0.15) is 18.4 Å². The van der Waals surface area contributed by atoms with Gasteiger partial charge in [-0.1, -0.05) is 35.0 Å². The summed E-state index contributed by atoms with van der Waals surface area (Å²) in [5, 5.41) is 4.08. The molecule has 0 fully saturated rings. The Hall–Kier alpha value is -2.60. The molecule has 134 valence electrons. The van der Waals surface area contributed by atoms with E-state index in [1.807, 2.05) is 18.2 Å². The van der Waals surface area contributed by atoms with Gasteiger partial charge in [-0.3, -0.25) is 0 Å². The van der Waals surface area contributed by atoms with Crippen molar-refractivity contribution >= 4 is 23.7 Å². The minimum absolute atomic E-state index is 0.111. The lowest BCUT2D eigenvalue weighted by Crippen LogP contribution is -2.12. The van der Waals surface area contributed by atoms with E-state index in [-0.39, 0.29) is 28.6 Å². The van der Waals surface area contributed by atoms with Crippen molar-refractivity contribution in [2.75, 3.05) is 6.61 Å². The second kappa shape index (κ2) is 6.96. The Bertz CT molecular complexity index is 861. The highest BCUT2D eigenvalue weighted by molar-refractivity contribution is 6.33. The minimum Gasteiger partial charge on any atom is -0.475 e. The Balaban J connectivity index is 1.60. The van der Waals surface area contributed by atoms with Crippen LogP contribution < -0.4 is 5.73 Å². The summed E-state index contributed by atoms with van der Waals surface area (Å²) in [6.45, 7) is 0.325. The molecule has 1 aliphatic carbocycles. The third-order valence-corrected chi connectivity index (χ3v) is 4.77. The van der Waals surface area contributed by atoms with Crippen molar-refractivity contribution in [3.63, 3.8) is 0 Å². The van der Waals surface area contributed by atoms with Gasteiger partial charge in [-0.2, -0.15) is 0 Å². The van der Waals surface area contributed by atoms with Crippen LogP contribution in [-0.2, 0) is 9.57 Å². The first kappa shape index (κ1) is 16.8. The smallest absolute Gasteiger partial charge is 0.221 e. The van der Waals surface area contributed by atoms with Crippen molar-refractivity contribution in [3.8, 4) is 0 Å². The molecule has 2 aliphatic heterocycles. The molecule has 2 atom stereocenters. The molecule has 0 amide bonds. The summed E-state index contributed by atoms with van der Waals surface area (Å²) < 4.78 is 19.7. The molecule has 1 aromatic carbocycles. The second-order valence-electron chi connectivity index (χ2n) is 6.28. The average molecular weight is 374 g/mol. The predicted octanol–water partition coefficient (Wildman–Crippen LogP) is 3.50. The van der Waals surface area contributed by atoms with Crippen molar-refractivity contribution in [1.29, 1.82) is 0 Å². The van der Waals surface area contributed by atoms with Crippen molar-refractivity contribution in [3.05, 3.63) is 69.7 Å². The monoisotopic (exact) mass is 373 g/mol. The number of allylic oxidation sites excluding steroid dienone is 3. The molecule has 7 heteroatoms. The van der Waals surface area contributed by atoms with Gasteiger partial charge in [-0.25, -0.2) is 9.38 Å². The van der Waals surface area contributed by atoms with Crippen LogP contribution in [0.15, 0.2) is 63.4 Å². The van der Waals surface area contributed by atoms with Gasteiger partial charge in [0.15, 0.2) is 6.10 Å². The molecule has 0 radical (unpaired) electrons. The summed E-state index contributed by atoms with van der Waals surface area (Å²) in [5.74, 6) is -0.228. The topological polar surface area (TPSA) is 69.2 Å². The lowest BCUT2D eigenvalue weighted by Gasteiger charge is -2.10.